The third-order valence-electron chi connectivity index (χ3n) is 2.66. The van der Waals surface area contributed by atoms with E-state index in [0.717, 1.165) is 18.6 Å². The highest BCUT2D eigenvalue weighted by molar-refractivity contribution is 4.75. The largest absolute Gasteiger partial charge is 0.384 e. The zero-order valence-electron chi connectivity index (χ0n) is 7.60. The predicted octanol–water partition coefficient (Wildman–Crippen LogP) is 1.41. The monoisotopic (exact) mass is 157 g/mol. The first-order valence-electron chi connectivity index (χ1n) is 4.53. The molecule has 0 atom stereocenters. The molecular formula is C9H19NO. The van der Waals surface area contributed by atoms with Crippen LogP contribution in [-0.2, 0) is 4.74 Å². The smallest absolute Gasteiger partial charge is 0.0490 e. The summed E-state index contributed by atoms with van der Waals surface area (Å²) in [6.07, 6.45) is 5.31. The molecule has 0 amide bonds. The van der Waals surface area contributed by atoms with Crippen LogP contribution >= 0.6 is 0 Å². The summed E-state index contributed by atoms with van der Waals surface area (Å²) in [7, 11) is 3.85. The molecule has 0 heterocycles. The van der Waals surface area contributed by atoms with E-state index in [0.29, 0.717) is 0 Å². The lowest BCUT2D eigenvalue weighted by molar-refractivity contribution is 0.125. The Bertz CT molecular complexity index is 97.7. The molecule has 0 spiro atoms. The summed E-state index contributed by atoms with van der Waals surface area (Å²) in [5, 5.41) is 3.33. The van der Waals surface area contributed by atoms with E-state index in [2.05, 4.69) is 12.4 Å². The van der Waals surface area contributed by atoms with Crippen LogP contribution in [0.15, 0.2) is 0 Å². The highest BCUT2D eigenvalue weighted by Crippen LogP contribution is 2.23. The second-order valence-electron chi connectivity index (χ2n) is 3.46. The Morgan fingerprint density at radius 1 is 1.27 bits per heavy atom. The van der Waals surface area contributed by atoms with Gasteiger partial charge >= 0.3 is 0 Å². The van der Waals surface area contributed by atoms with Crippen LogP contribution in [0.1, 0.15) is 25.7 Å². The maximum Gasteiger partial charge on any atom is 0.0490 e. The molecule has 0 aromatic rings. The maximum absolute atomic E-state index is 5.13. The summed E-state index contributed by atoms with van der Waals surface area (Å²) in [6, 6.07) is 0.767. The van der Waals surface area contributed by atoms with Gasteiger partial charge in [0.05, 0.1) is 0 Å². The Labute approximate surface area is 69.3 Å². The molecule has 0 aromatic heterocycles. The Kier molecular flexibility index (Phi) is 3.87. The number of rotatable bonds is 3. The average molecular weight is 157 g/mol. The van der Waals surface area contributed by atoms with Crippen molar-refractivity contribution in [1.29, 1.82) is 0 Å². The van der Waals surface area contributed by atoms with Gasteiger partial charge in [0, 0.05) is 19.8 Å². The van der Waals surface area contributed by atoms with Crippen LogP contribution in [0.25, 0.3) is 0 Å². The van der Waals surface area contributed by atoms with Gasteiger partial charge in [0.25, 0.3) is 0 Å². The Morgan fingerprint density at radius 2 is 1.91 bits per heavy atom. The van der Waals surface area contributed by atoms with Gasteiger partial charge in [-0.05, 0) is 38.6 Å². The molecule has 2 heteroatoms. The first-order chi connectivity index (χ1) is 5.36. The van der Waals surface area contributed by atoms with Crippen LogP contribution in [0, 0.1) is 5.92 Å². The standard InChI is InChI=1S/C9H19NO/c1-10-9-5-3-8(4-6-9)7-11-2/h8-10H,3-7H2,1-2H3/t8-,9-. The second kappa shape index (κ2) is 4.73. The van der Waals surface area contributed by atoms with Crippen LogP contribution in [0.4, 0.5) is 0 Å². The number of hydrogen-bond acceptors (Lipinski definition) is 2. The molecule has 2 nitrogen and oxygen atoms in total. The number of ether oxygens (including phenoxy) is 1. The summed E-state index contributed by atoms with van der Waals surface area (Å²) >= 11 is 0. The van der Waals surface area contributed by atoms with Crippen molar-refractivity contribution in [1.82, 2.24) is 5.32 Å². The maximum atomic E-state index is 5.13. The molecule has 0 aromatic carbocycles. The third-order valence-corrected chi connectivity index (χ3v) is 2.66. The minimum atomic E-state index is 0.767. The summed E-state index contributed by atoms with van der Waals surface area (Å²) in [6.45, 7) is 0.955. The quantitative estimate of drug-likeness (QED) is 0.669. The average Bonchev–Trinajstić information content (AvgIpc) is 2.07. The lowest BCUT2D eigenvalue weighted by Gasteiger charge is -2.27. The van der Waals surface area contributed by atoms with Crippen molar-refractivity contribution < 1.29 is 4.74 Å². The number of methoxy groups -OCH3 is 1. The molecule has 1 fully saturated rings. The number of hydrogen-bond donors (Lipinski definition) is 1. The Morgan fingerprint density at radius 3 is 2.36 bits per heavy atom. The van der Waals surface area contributed by atoms with Crippen molar-refractivity contribution in [2.45, 2.75) is 31.7 Å². The Balaban J connectivity index is 2.14. The van der Waals surface area contributed by atoms with E-state index in [-0.39, 0.29) is 0 Å². The first kappa shape index (κ1) is 9.01. The minimum absolute atomic E-state index is 0.767. The molecule has 0 bridgehead atoms. The van der Waals surface area contributed by atoms with E-state index in [9.17, 15) is 0 Å². The summed E-state index contributed by atoms with van der Waals surface area (Å²) in [4.78, 5) is 0. The van der Waals surface area contributed by atoms with Gasteiger partial charge < -0.3 is 10.1 Å². The summed E-state index contributed by atoms with van der Waals surface area (Å²) < 4.78 is 5.13. The molecule has 11 heavy (non-hydrogen) atoms. The van der Waals surface area contributed by atoms with Crippen LogP contribution in [0.2, 0.25) is 0 Å². The van der Waals surface area contributed by atoms with Crippen molar-refractivity contribution in [2.75, 3.05) is 20.8 Å². The van der Waals surface area contributed by atoms with Gasteiger partial charge in [-0.3, -0.25) is 0 Å². The van der Waals surface area contributed by atoms with Crippen LogP contribution < -0.4 is 5.32 Å². The summed E-state index contributed by atoms with van der Waals surface area (Å²) in [5.41, 5.74) is 0. The van der Waals surface area contributed by atoms with Gasteiger partial charge in [0.2, 0.25) is 0 Å². The van der Waals surface area contributed by atoms with Crippen LogP contribution in [-0.4, -0.2) is 26.8 Å². The lowest BCUT2D eigenvalue weighted by atomic mass is 9.87. The van der Waals surface area contributed by atoms with Gasteiger partial charge in [-0.25, -0.2) is 0 Å². The molecule has 0 radical (unpaired) electrons. The number of nitrogens with one attached hydrogen (secondary N) is 1. The third kappa shape index (κ3) is 2.80. The topological polar surface area (TPSA) is 21.3 Å². The van der Waals surface area contributed by atoms with E-state index in [1.54, 1.807) is 7.11 Å². The van der Waals surface area contributed by atoms with Crippen LogP contribution in [0.3, 0.4) is 0 Å². The van der Waals surface area contributed by atoms with E-state index >= 15 is 0 Å². The van der Waals surface area contributed by atoms with E-state index in [1.807, 2.05) is 0 Å². The van der Waals surface area contributed by atoms with E-state index in [4.69, 9.17) is 4.74 Å². The fourth-order valence-electron chi connectivity index (χ4n) is 1.85. The predicted molar refractivity (Wildman–Crippen MR) is 46.7 cm³/mol. The minimum Gasteiger partial charge on any atom is -0.384 e. The fourth-order valence-corrected chi connectivity index (χ4v) is 1.85. The highest BCUT2D eigenvalue weighted by atomic mass is 16.5. The molecule has 1 saturated carbocycles. The van der Waals surface area contributed by atoms with Crippen molar-refractivity contribution in [3.8, 4) is 0 Å². The molecular weight excluding hydrogens is 138 g/mol. The lowest BCUT2D eigenvalue weighted by Crippen LogP contribution is -2.31. The zero-order valence-corrected chi connectivity index (χ0v) is 7.60. The zero-order chi connectivity index (χ0) is 8.10. The molecule has 0 aliphatic heterocycles. The molecule has 0 saturated heterocycles. The molecule has 1 aliphatic rings. The van der Waals surface area contributed by atoms with Crippen molar-refractivity contribution >= 4 is 0 Å². The highest BCUT2D eigenvalue weighted by Gasteiger charge is 2.19. The SMILES string of the molecule is CN[C@H]1CC[C@H](COC)CC1. The first-order valence-corrected chi connectivity index (χ1v) is 4.53. The fraction of sp³-hybridized carbons (Fsp3) is 1.00. The van der Waals surface area contributed by atoms with Crippen molar-refractivity contribution in [3.63, 3.8) is 0 Å². The second-order valence-corrected chi connectivity index (χ2v) is 3.46. The Hall–Kier alpha value is -0.0800. The molecule has 66 valence electrons. The molecule has 0 unspecified atom stereocenters. The van der Waals surface area contributed by atoms with Crippen molar-refractivity contribution in [2.24, 2.45) is 5.92 Å². The van der Waals surface area contributed by atoms with Crippen LogP contribution in [0.5, 0.6) is 0 Å². The van der Waals surface area contributed by atoms with Gasteiger partial charge in [-0.15, -0.1) is 0 Å². The van der Waals surface area contributed by atoms with Gasteiger partial charge in [-0.1, -0.05) is 0 Å². The van der Waals surface area contributed by atoms with Crippen molar-refractivity contribution in [3.05, 3.63) is 0 Å². The van der Waals surface area contributed by atoms with E-state index in [1.165, 1.54) is 25.7 Å². The summed E-state index contributed by atoms with van der Waals surface area (Å²) in [5.74, 6) is 0.824. The molecule has 1 rings (SSSR count). The van der Waals surface area contributed by atoms with Gasteiger partial charge in [0.1, 0.15) is 0 Å². The van der Waals surface area contributed by atoms with Gasteiger partial charge in [0.15, 0.2) is 0 Å². The van der Waals surface area contributed by atoms with Gasteiger partial charge in [-0.2, -0.15) is 0 Å². The van der Waals surface area contributed by atoms with E-state index < -0.39 is 0 Å². The molecule has 1 aliphatic carbocycles. The normalized spacial score (nSPS) is 32.2. The molecule has 1 N–H and O–H groups in total.